The predicted octanol–water partition coefficient (Wildman–Crippen LogP) is 4.03. The van der Waals surface area contributed by atoms with Crippen LogP contribution < -0.4 is 5.32 Å². The van der Waals surface area contributed by atoms with Crippen LogP contribution >= 0.6 is 11.3 Å². The molecule has 2 saturated carbocycles. The number of carbonyl (C=O) groups is 2. The van der Waals surface area contributed by atoms with Gasteiger partial charge in [-0.3, -0.25) is 9.59 Å². The SMILES string of the molecule is CC1(O)CCN(C(=O)C2CCCCC2)C(c2cccs2)C1NC(=O)C1CCCC1. The third-order valence-electron chi connectivity index (χ3n) is 7.28. The largest absolute Gasteiger partial charge is 0.388 e. The minimum Gasteiger partial charge on any atom is -0.388 e. The molecule has 2 amide bonds. The topological polar surface area (TPSA) is 69.6 Å². The van der Waals surface area contributed by atoms with Crippen LogP contribution in [0.5, 0.6) is 0 Å². The third-order valence-corrected chi connectivity index (χ3v) is 8.22. The summed E-state index contributed by atoms with van der Waals surface area (Å²) in [6, 6.07) is 3.25. The van der Waals surface area contributed by atoms with Gasteiger partial charge >= 0.3 is 0 Å². The summed E-state index contributed by atoms with van der Waals surface area (Å²) in [5, 5.41) is 16.5. The van der Waals surface area contributed by atoms with Crippen LogP contribution in [0, 0.1) is 11.8 Å². The number of hydrogen-bond acceptors (Lipinski definition) is 4. The minimum absolute atomic E-state index is 0.0409. The van der Waals surface area contributed by atoms with Gasteiger partial charge in [-0.2, -0.15) is 0 Å². The summed E-state index contributed by atoms with van der Waals surface area (Å²) in [7, 11) is 0. The Morgan fingerprint density at radius 2 is 1.76 bits per heavy atom. The van der Waals surface area contributed by atoms with E-state index in [0.29, 0.717) is 13.0 Å². The smallest absolute Gasteiger partial charge is 0.226 e. The van der Waals surface area contributed by atoms with E-state index < -0.39 is 11.6 Å². The van der Waals surface area contributed by atoms with E-state index in [1.165, 1.54) is 6.42 Å². The van der Waals surface area contributed by atoms with Gasteiger partial charge in [-0.15, -0.1) is 11.3 Å². The Balaban J connectivity index is 1.61. The monoisotopic (exact) mass is 418 g/mol. The van der Waals surface area contributed by atoms with Crippen molar-refractivity contribution in [3.63, 3.8) is 0 Å². The molecule has 29 heavy (non-hydrogen) atoms. The Hall–Kier alpha value is -1.40. The van der Waals surface area contributed by atoms with E-state index in [9.17, 15) is 14.7 Å². The van der Waals surface area contributed by atoms with Crippen LogP contribution in [0.2, 0.25) is 0 Å². The van der Waals surface area contributed by atoms with Crippen molar-refractivity contribution in [3.8, 4) is 0 Å². The van der Waals surface area contributed by atoms with Crippen LogP contribution in [0.25, 0.3) is 0 Å². The van der Waals surface area contributed by atoms with Crippen molar-refractivity contribution < 1.29 is 14.7 Å². The van der Waals surface area contributed by atoms with Crippen LogP contribution in [0.4, 0.5) is 0 Å². The second kappa shape index (κ2) is 8.76. The first kappa shape index (κ1) is 20.9. The molecule has 1 aromatic rings. The molecular formula is C23H34N2O3S. The Kier molecular flexibility index (Phi) is 6.30. The molecule has 0 aromatic carbocycles. The molecule has 1 saturated heterocycles. The fraction of sp³-hybridized carbons (Fsp3) is 0.739. The lowest BCUT2D eigenvalue weighted by Crippen LogP contribution is -2.64. The molecule has 3 unspecified atom stereocenters. The molecule has 5 nitrogen and oxygen atoms in total. The van der Waals surface area contributed by atoms with Crippen LogP contribution in [0.3, 0.4) is 0 Å². The molecule has 2 aliphatic carbocycles. The predicted molar refractivity (Wildman–Crippen MR) is 114 cm³/mol. The quantitative estimate of drug-likeness (QED) is 0.776. The minimum atomic E-state index is -1.04. The van der Waals surface area contributed by atoms with E-state index in [1.54, 1.807) is 11.3 Å². The lowest BCUT2D eigenvalue weighted by Gasteiger charge is -2.49. The van der Waals surface area contributed by atoms with Gasteiger partial charge in [0.15, 0.2) is 0 Å². The number of carbonyl (C=O) groups excluding carboxylic acids is 2. The maximum absolute atomic E-state index is 13.5. The molecule has 1 aliphatic heterocycles. The Labute approximate surface area is 177 Å². The van der Waals surface area contributed by atoms with E-state index in [0.717, 1.165) is 56.2 Å². The van der Waals surface area contributed by atoms with Gasteiger partial charge < -0.3 is 15.3 Å². The summed E-state index contributed by atoms with van der Waals surface area (Å²) < 4.78 is 0. The van der Waals surface area contributed by atoms with Crippen molar-refractivity contribution in [2.75, 3.05) is 6.54 Å². The molecule has 3 atom stereocenters. The maximum Gasteiger partial charge on any atom is 0.226 e. The van der Waals surface area contributed by atoms with Crippen molar-refractivity contribution in [3.05, 3.63) is 22.4 Å². The molecule has 6 heteroatoms. The van der Waals surface area contributed by atoms with Crippen LogP contribution in [0.15, 0.2) is 17.5 Å². The van der Waals surface area contributed by atoms with Gasteiger partial charge in [-0.1, -0.05) is 38.2 Å². The zero-order valence-electron chi connectivity index (χ0n) is 17.4. The number of rotatable bonds is 4. The first-order valence-electron chi connectivity index (χ1n) is 11.3. The molecule has 0 radical (unpaired) electrons. The van der Waals surface area contributed by atoms with E-state index in [4.69, 9.17) is 0 Å². The number of piperidine rings is 1. The highest BCUT2D eigenvalue weighted by Gasteiger charge is 2.49. The van der Waals surface area contributed by atoms with Gasteiger partial charge in [0.1, 0.15) is 0 Å². The number of hydrogen-bond donors (Lipinski definition) is 2. The van der Waals surface area contributed by atoms with Crippen LogP contribution in [-0.2, 0) is 9.59 Å². The number of nitrogens with zero attached hydrogens (tertiary/aromatic N) is 1. The number of likely N-dealkylation sites (tertiary alicyclic amines) is 1. The molecule has 4 rings (SSSR count). The average molecular weight is 419 g/mol. The fourth-order valence-corrected chi connectivity index (χ4v) is 6.34. The summed E-state index contributed by atoms with van der Waals surface area (Å²) in [6.45, 7) is 2.36. The number of thiophene rings is 1. The lowest BCUT2D eigenvalue weighted by atomic mass is 9.79. The van der Waals surface area contributed by atoms with Gasteiger partial charge in [0.2, 0.25) is 11.8 Å². The van der Waals surface area contributed by atoms with Gasteiger partial charge in [0.05, 0.1) is 17.7 Å². The number of nitrogens with one attached hydrogen (secondary N) is 1. The van der Waals surface area contributed by atoms with Crippen molar-refractivity contribution in [2.45, 2.75) is 88.8 Å². The van der Waals surface area contributed by atoms with Gasteiger partial charge in [0.25, 0.3) is 0 Å². The molecule has 160 valence electrons. The highest BCUT2D eigenvalue weighted by Crippen LogP contribution is 2.41. The molecule has 0 spiro atoms. The van der Waals surface area contributed by atoms with E-state index in [-0.39, 0.29) is 29.7 Å². The van der Waals surface area contributed by atoms with Crippen LogP contribution in [-0.4, -0.2) is 40.0 Å². The summed E-state index contributed by atoms with van der Waals surface area (Å²) in [6.07, 6.45) is 9.91. The molecule has 2 N–H and O–H groups in total. The highest BCUT2D eigenvalue weighted by atomic mass is 32.1. The molecular weight excluding hydrogens is 384 g/mol. The second-order valence-electron chi connectivity index (χ2n) is 9.40. The number of amides is 2. The summed E-state index contributed by atoms with van der Waals surface area (Å²) in [4.78, 5) is 29.5. The molecule has 1 aromatic heterocycles. The maximum atomic E-state index is 13.5. The normalized spacial score (nSPS) is 31.7. The van der Waals surface area contributed by atoms with Crippen molar-refractivity contribution in [1.29, 1.82) is 0 Å². The Morgan fingerprint density at radius 1 is 1.10 bits per heavy atom. The zero-order valence-corrected chi connectivity index (χ0v) is 18.3. The molecule has 2 heterocycles. The molecule has 0 bridgehead atoms. The van der Waals surface area contributed by atoms with Crippen molar-refractivity contribution in [1.82, 2.24) is 10.2 Å². The summed E-state index contributed by atoms with van der Waals surface area (Å²) >= 11 is 1.60. The Morgan fingerprint density at radius 3 is 2.41 bits per heavy atom. The summed E-state index contributed by atoms with van der Waals surface area (Å²) in [5.74, 6) is 0.375. The Bertz CT molecular complexity index is 706. The second-order valence-corrected chi connectivity index (χ2v) is 10.4. The fourth-order valence-electron chi connectivity index (χ4n) is 5.46. The van der Waals surface area contributed by atoms with Gasteiger partial charge in [0, 0.05) is 23.3 Å². The van der Waals surface area contributed by atoms with E-state index in [2.05, 4.69) is 5.32 Å². The first-order valence-corrected chi connectivity index (χ1v) is 12.2. The zero-order chi connectivity index (χ0) is 20.4. The molecule has 3 fully saturated rings. The summed E-state index contributed by atoms with van der Waals surface area (Å²) in [5.41, 5.74) is -1.04. The third kappa shape index (κ3) is 4.38. The first-order chi connectivity index (χ1) is 14.0. The average Bonchev–Trinajstić information content (AvgIpc) is 3.43. The highest BCUT2D eigenvalue weighted by molar-refractivity contribution is 7.10. The van der Waals surface area contributed by atoms with Gasteiger partial charge in [-0.25, -0.2) is 0 Å². The number of aliphatic hydroxyl groups is 1. The van der Waals surface area contributed by atoms with Gasteiger partial charge in [-0.05, 0) is 50.5 Å². The van der Waals surface area contributed by atoms with E-state index in [1.807, 2.05) is 29.3 Å². The standard InChI is InChI=1S/C23H34N2O3S/c1-23(28)13-14-25(22(27)17-10-3-2-4-11-17)19(18-12-7-15-29-18)20(23)24-21(26)16-8-5-6-9-16/h7,12,15-17,19-20,28H,2-6,8-11,13-14H2,1H3,(H,24,26). The van der Waals surface area contributed by atoms with Crippen molar-refractivity contribution >= 4 is 23.2 Å². The van der Waals surface area contributed by atoms with E-state index >= 15 is 0 Å². The lowest BCUT2D eigenvalue weighted by molar-refractivity contribution is -0.151. The molecule has 3 aliphatic rings. The van der Waals surface area contributed by atoms with Crippen LogP contribution in [0.1, 0.15) is 82.1 Å². The van der Waals surface area contributed by atoms with Crippen molar-refractivity contribution in [2.24, 2.45) is 11.8 Å².